The quantitative estimate of drug-likeness (QED) is 0.406. The first kappa shape index (κ1) is 19.8. The van der Waals surface area contributed by atoms with Gasteiger partial charge in [-0.3, -0.25) is 4.79 Å². The van der Waals surface area contributed by atoms with Crippen molar-refractivity contribution in [1.29, 1.82) is 0 Å². The molecule has 0 spiro atoms. The normalized spacial score (nSPS) is 12.2. The van der Waals surface area contributed by atoms with Crippen LogP contribution in [0.4, 0.5) is 0 Å². The first-order valence-electron chi connectivity index (χ1n) is 8.50. The maximum Gasteiger partial charge on any atom is 0.313 e. The Morgan fingerprint density at radius 2 is 1.46 bits per heavy atom. The fourth-order valence-electron chi connectivity index (χ4n) is 2.02. The molecule has 0 amide bonds. The van der Waals surface area contributed by atoms with Gasteiger partial charge in [-0.15, -0.1) is 0 Å². The number of rotatable bonds is 11. The predicted molar refractivity (Wildman–Crippen MR) is 98.8 cm³/mol. The van der Waals surface area contributed by atoms with Crippen molar-refractivity contribution in [3.05, 3.63) is 72.3 Å². The number of allylic oxidation sites excluding steroid dienone is 8. The number of ether oxygens (including phenoxy) is 1. The van der Waals surface area contributed by atoms with Gasteiger partial charge < -0.3 is 9.15 Å². The van der Waals surface area contributed by atoms with Gasteiger partial charge in [0.15, 0.2) is 0 Å². The second-order valence-corrected chi connectivity index (χ2v) is 5.33. The Kier molecular flexibility index (Phi) is 10.8. The van der Waals surface area contributed by atoms with E-state index in [1.165, 1.54) is 7.11 Å². The highest BCUT2D eigenvalue weighted by molar-refractivity contribution is 5.71. The summed E-state index contributed by atoms with van der Waals surface area (Å²) in [6.45, 7) is 2.14. The van der Waals surface area contributed by atoms with E-state index < -0.39 is 0 Å². The molecular weight excluding hydrogens is 300 g/mol. The maximum absolute atomic E-state index is 11.2. The van der Waals surface area contributed by atoms with Crippen molar-refractivity contribution in [2.75, 3.05) is 7.11 Å². The lowest BCUT2D eigenvalue weighted by Gasteiger charge is -1.95. The van der Waals surface area contributed by atoms with Gasteiger partial charge in [0.2, 0.25) is 0 Å². The topological polar surface area (TPSA) is 39.4 Å². The number of methoxy groups -OCH3 is 1. The van der Waals surface area contributed by atoms with Gasteiger partial charge in [0.05, 0.1) is 7.11 Å². The molecule has 0 fully saturated rings. The lowest BCUT2D eigenvalue weighted by molar-refractivity contribution is -0.140. The summed E-state index contributed by atoms with van der Waals surface area (Å²) in [5.41, 5.74) is 0. The zero-order chi connectivity index (χ0) is 17.5. The summed E-state index contributed by atoms with van der Waals surface area (Å²) in [5.74, 6) is 1.22. The summed E-state index contributed by atoms with van der Waals surface area (Å²) in [4.78, 5) is 11.2. The van der Waals surface area contributed by atoms with Crippen molar-refractivity contribution in [2.45, 2.75) is 45.4 Å². The Morgan fingerprint density at radius 3 is 2.04 bits per heavy atom. The third-order valence-electron chi connectivity index (χ3n) is 3.30. The van der Waals surface area contributed by atoms with E-state index in [1.807, 2.05) is 12.1 Å². The minimum absolute atomic E-state index is 0.185. The van der Waals surface area contributed by atoms with Gasteiger partial charge in [0, 0.05) is 6.42 Å². The molecule has 1 heterocycles. The lowest BCUT2D eigenvalue weighted by Crippen LogP contribution is -2.03. The molecule has 0 bridgehead atoms. The van der Waals surface area contributed by atoms with E-state index in [0.717, 1.165) is 37.9 Å². The molecule has 3 nitrogen and oxygen atoms in total. The lowest BCUT2D eigenvalue weighted by atomic mass is 10.2. The van der Waals surface area contributed by atoms with Crippen LogP contribution in [-0.4, -0.2) is 13.1 Å². The molecule has 0 aliphatic rings. The van der Waals surface area contributed by atoms with Crippen molar-refractivity contribution >= 4 is 5.97 Å². The smallest absolute Gasteiger partial charge is 0.313 e. The zero-order valence-electron chi connectivity index (χ0n) is 14.7. The number of furan rings is 1. The highest BCUT2D eigenvalue weighted by atomic mass is 16.5. The van der Waals surface area contributed by atoms with E-state index in [0.29, 0.717) is 5.76 Å². The van der Waals surface area contributed by atoms with Crippen LogP contribution in [0.1, 0.15) is 44.1 Å². The molecule has 0 unspecified atom stereocenters. The van der Waals surface area contributed by atoms with E-state index in [2.05, 4.69) is 60.3 Å². The first-order valence-corrected chi connectivity index (χ1v) is 8.50. The summed E-state index contributed by atoms with van der Waals surface area (Å²) in [5, 5.41) is 0. The number of hydrogen-bond donors (Lipinski definition) is 0. The Hall–Kier alpha value is -2.29. The molecule has 1 aromatic heterocycles. The maximum atomic E-state index is 11.2. The van der Waals surface area contributed by atoms with E-state index in [4.69, 9.17) is 4.42 Å². The van der Waals surface area contributed by atoms with Gasteiger partial charge in [-0.1, -0.05) is 55.5 Å². The van der Waals surface area contributed by atoms with Gasteiger partial charge in [0.1, 0.15) is 17.9 Å². The minimum atomic E-state index is -0.285. The highest BCUT2D eigenvalue weighted by Crippen LogP contribution is 2.10. The molecule has 24 heavy (non-hydrogen) atoms. The van der Waals surface area contributed by atoms with Gasteiger partial charge in [-0.2, -0.15) is 0 Å². The molecule has 0 atom stereocenters. The summed E-state index contributed by atoms with van der Waals surface area (Å²) in [6.07, 6.45) is 22.2. The van der Waals surface area contributed by atoms with Crippen molar-refractivity contribution in [3.8, 4) is 0 Å². The van der Waals surface area contributed by atoms with Crippen LogP contribution in [-0.2, 0) is 22.4 Å². The molecule has 0 aliphatic carbocycles. The van der Waals surface area contributed by atoms with Gasteiger partial charge in [0.25, 0.3) is 0 Å². The molecule has 1 rings (SSSR count). The van der Waals surface area contributed by atoms with Crippen molar-refractivity contribution in [1.82, 2.24) is 0 Å². The third-order valence-corrected chi connectivity index (χ3v) is 3.30. The summed E-state index contributed by atoms with van der Waals surface area (Å²) in [7, 11) is 1.38. The van der Waals surface area contributed by atoms with Crippen LogP contribution < -0.4 is 0 Å². The van der Waals surface area contributed by atoms with Gasteiger partial charge in [-0.25, -0.2) is 0 Å². The average Bonchev–Trinajstić information content (AvgIpc) is 3.03. The predicted octanol–water partition coefficient (Wildman–Crippen LogP) is 5.34. The molecule has 0 saturated carbocycles. The molecule has 0 aliphatic heterocycles. The monoisotopic (exact) mass is 328 g/mol. The van der Waals surface area contributed by atoms with Gasteiger partial charge in [-0.05, 0) is 37.8 Å². The molecule has 1 aromatic rings. The molecule has 0 radical (unpaired) electrons. The number of carbonyl (C=O) groups excluding carboxylic acids is 1. The van der Waals surface area contributed by atoms with Crippen molar-refractivity contribution in [3.63, 3.8) is 0 Å². The molecule has 3 heteroatoms. The Balaban J connectivity index is 2.16. The molecule has 130 valence electrons. The van der Waals surface area contributed by atoms with Crippen molar-refractivity contribution in [2.24, 2.45) is 0 Å². The first-order chi connectivity index (χ1) is 11.8. The third kappa shape index (κ3) is 9.67. The fourth-order valence-corrected chi connectivity index (χ4v) is 2.02. The molecule has 0 saturated heterocycles. The number of carbonyl (C=O) groups is 1. The van der Waals surface area contributed by atoms with E-state index in [-0.39, 0.29) is 12.4 Å². The van der Waals surface area contributed by atoms with Gasteiger partial charge >= 0.3 is 5.97 Å². The zero-order valence-corrected chi connectivity index (χ0v) is 14.7. The summed E-state index contributed by atoms with van der Waals surface area (Å²) < 4.78 is 10.2. The standard InChI is InChI=1S/C21H28O3/c1-3-4-5-6-7-8-9-10-11-12-13-14-15-19-16-17-20(24-19)18-21(22)23-2/h4-5,7-8,10-11,13-14,16-17H,3,6,9,12,15,18H2,1-2H3/b5-4-,8-7-,11-10-,14-13-. The number of esters is 1. The van der Waals surface area contributed by atoms with Crippen LogP contribution in [0.5, 0.6) is 0 Å². The van der Waals surface area contributed by atoms with Crippen LogP contribution in [0.2, 0.25) is 0 Å². The van der Waals surface area contributed by atoms with E-state index in [1.54, 1.807) is 0 Å². The Labute approximate surface area is 145 Å². The minimum Gasteiger partial charge on any atom is -0.469 e. The van der Waals surface area contributed by atoms with Crippen molar-refractivity contribution < 1.29 is 13.9 Å². The average molecular weight is 328 g/mol. The highest BCUT2D eigenvalue weighted by Gasteiger charge is 2.06. The van der Waals surface area contributed by atoms with Crippen LogP contribution >= 0.6 is 0 Å². The van der Waals surface area contributed by atoms with Crippen LogP contribution in [0.25, 0.3) is 0 Å². The Morgan fingerprint density at radius 1 is 0.917 bits per heavy atom. The fraction of sp³-hybridized carbons (Fsp3) is 0.381. The molecule has 0 aromatic carbocycles. The van der Waals surface area contributed by atoms with Crippen LogP contribution in [0, 0.1) is 0 Å². The summed E-state index contributed by atoms with van der Waals surface area (Å²) >= 11 is 0. The van der Waals surface area contributed by atoms with Crippen LogP contribution in [0.15, 0.2) is 65.2 Å². The second-order valence-electron chi connectivity index (χ2n) is 5.33. The van der Waals surface area contributed by atoms with E-state index in [9.17, 15) is 4.79 Å². The SMILES string of the molecule is CC/C=C\C/C=C\C/C=C\C/C=C\Cc1ccc(CC(=O)OC)o1. The largest absolute Gasteiger partial charge is 0.469 e. The number of hydrogen-bond acceptors (Lipinski definition) is 3. The second kappa shape index (κ2) is 13.2. The van der Waals surface area contributed by atoms with Crippen LogP contribution in [0.3, 0.4) is 0 Å². The molecule has 0 N–H and O–H groups in total. The van der Waals surface area contributed by atoms with E-state index >= 15 is 0 Å². The Bertz CT molecular complexity index is 574. The summed E-state index contributed by atoms with van der Waals surface area (Å²) in [6, 6.07) is 3.72. The molecular formula is C21H28O3.